The first-order chi connectivity index (χ1) is 6.91. The Hall–Kier alpha value is -0.870. The molecule has 1 aromatic heterocycles. The molecule has 3 nitrogen and oxygen atoms in total. The summed E-state index contributed by atoms with van der Waals surface area (Å²) in [5.41, 5.74) is 1.05. The molecular formula is C11H13BrN2O. The lowest BCUT2D eigenvalue weighted by Gasteiger charge is -2.18. The first-order valence-electron chi connectivity index (χ1n) is 4.75. The normalized spacial score (nSPS) is 12.3. The number of fused-ring (bicyclic) bond motifs is 1. The Kier molecular flexibility index (Phi) is 2.35. The first kappa shape index (κ1) is 10.6. The number of aliphatic hydroxyl groups is 1. The molecule has 0 unspecified atom stereocenters. The van der Waals surface area contributed by atoms with E-state index in [1.54, 1.807) is 18.5 Å². The molecule has 2 aromatic rings. The third-order valence-electron chi connectivity index (χ3n) is 2.49. The van der Waals surface area contributed by atoms with Crippen LogP contribution < -0.4 is 0 Å². The van der Waals surface area contributed by atoms with Gasteiger partial charge >= 0.3 is 0 Å². The quantitative estimate of drug-likeness (QED) is 0.864. The summed E-state index contributed by atoms with van der Waals surface area (Å²) in [5, 5.41) is 15.3. The molecule has 80 valence electrons. The minimum absolute atomic E-state index is 0.776. The van der Waals surface area contributed by atoms with E-state index in [4.69, 9.17) is 0 Å². The number of rotatable bonds is 1. The lowest BCUT2D eigenvalue weighted by atomic mass is 9.95. The van der Waals surface area contributed by atoms with Crippen LogP contribution in [0.4, 0.5) is 0 Å². The van der Waals surface area contributed by atoms with Crippen LogP contribution >= 0.6 is 15.9 Å². The van der Waals surface area contributed by atoms with E-state index in [0.717, 1.165) is 21.1 Å². The minimum Gasteiger partial charge on any atom is -0.386 e. The Morgan fingerprint density at radius 1 is 1.40 bits per heavy atom. The zero-order valence-electron chi connectivity index (χ0n) is 8.95. The average molecular weight is 269 g/mol. The van der Waals surface area contributed by atoms with E-state index >= 15 is 0 Å². The second-order valence-corrected chi connectivity index (χ2v) is 4.92. The van der Waals surface area contributed by atoms with Crippen molar-refractivity contribution < 1.29 is 5.11 Å². The van der Waals surface area contributed by atoms with E-state index in [1.807, 2.05) is 25.2 Å². The summed E-state index contributed by atoms with van der Waals surface area (Å²) in [7, 11) is 1.89. The van der Waals surface area contributed by atoms with E-state index in [1.165, 1.54) is 0 Å². The molecule has 0 radical (unpaired) electrons. The fourth-order valence-electron chi connectivity index (χ4n) is 1.77. The van der Waals surface area contributed by atoms with Crippen LogP contribution in [0.2, 0.25) is 0 Å². The second-order valence-electron chi connectivity index (χ2n) is 4.17. The fourth-order valence-corrected chi connectivity index (χ4v) is 2.43. The van der Waals surface area contributed by atoms with E-state index in [9.17, 15) is 5.11 Å². The summed E-state index contributed by atoms with van der Waals surface area (Å²) in [6.07, 6.45) is 0. The van der Waals surface area contributed by atoms with Gasteiger partial charge in [0.25, 0.3) is 0 Å². The molecule has 1 aromatic carbocycles. The van der Waals surface area contributed by atoms with Crippen LogP contribution in [0.5, 0.6) is 0 Å². The van der Waals surface area contributed by atoms with Gasteiger partial charge in [0.05, 0.1) is 11.1 Å². The van der Waals surface area contributed by atoms with Crippen LogP contribution in [0, 0.1) is 0 Å². The molecular weight excluding hydrogens is 256 g/mol. The minimum atomic E-state index is -0.856. The Morgan fingerprint density at radius 2 is 2.07 bits per heavy atom. The van der Waals surface area contributed by atoms with Gasteiger partial charge in [0.2, 0.25) is 0 Å². The number of hydrogen-bond donors (Lipinski definition) is 1. The largest absolute Gasteiger partial charge is 0.386 e. The molecule has 0 fully saturated rings. The van der Waals surface area contributed by atoms with Gasteiger partial charge in [0.15, 0.2) is 0 Å². The maximum absolute atomic E-state index is 10.1. The molecule has 15 heavy (non-hydrogen) atoms. The summed E-state index contributed by atoms with van der Waals surface area (Å²) in [5.74, 6) is 0. The van der Waals surface area contributed by atoms with E-state index < -0.39 is 5.60 Å². The van der Waals surface area contributed by atoms with Gasteiger partial charge in [-0.2, -0.15) is 5.10 Å². The first-order valence-corrected chi connectivity index (χ1v) is 5.54. The molecule has 0 saturated heterocycles. The van der Waals surface area contributed by atoms with Crippen LogP contribution in [0.25, 0.3) is 10.9 Å². The molecule has 2 rings (SSSR count). The van der Waals surface area contributed by atoms with Crippen molar-refractivity contribution in [2.24, 2.45) is 7.05 Å². The van der Waals surface area contributed by atoms with Gasteiger partial charge in [-0.25, -0.2) is 0 Å². The number of nitrogens with zero attached hydrogens (tertiary/aromatic N) is 2. The van der Waals surface area contributed by atoms with Crippen molar-refractivity contribution >= 4 is 26.8 Å². The molecule has 0 aliphatic rings. The van der Waals surface area contributed by atoms with Gasteiger partial charge in [0, 0.05) is 12.4 Å². The lowest BCUT2D eigenvalue weighted by molar-refractivity contribution is 0.0801. The number of aryl methyl sites for hydroxylation is 1. The van der Waals surface area contributed by atoms with Crippen LogP contribution in [-0.2, 0) is 12.6 Å². The monoisotopic (exact) mass is 268 g/mol. The topological polar surface area (TPSA) is 38.0 Å². The maximum atomic E-state index is 10.1. The van der Waals surface area contributed by atoms with Crippen LogP contribution in [0.1, 0.15) is 19.4 Å². The molecule has 4 heteroatoms. The van der Waals surface area contributed by atoms with Gasteiger partial charge in [-0.05, 0) is 41.4 Å². The SMILES string of the molecule is Cn1nc(Br)c2c(C(C)(C)O)cccc21. The van der Waals surface area contributed by atoms with Crippen molar-refractivity contribution in [2.75, 3.05) is 0 Å². The highest BCUT2D eigenvalue weighted by atomic mass is 79.9. The highest BCUT2D eigenvalue weighted by Crippen LogP contribution is 2.32. The van der Waals surface area contributed by atoms with E-state index in [0.29, 0.717) is 0 Å². The van der Waals surface area contributed by atoms with Crippen molar-refractivity contribution in [3.63, 3.8) is 0 Å². The Morgan fingerprint density at radius 3 is 2.67 bits per heavy atom. The maximum Gasteiger partial charge on any atom is 0.136 e. The average Bonchev–Trinajstić information content (AvgIpc) is 2.41. The fraction of sp³-hybridized carbons (Fsp3) is 0.364. The van der Waals surface area contributed by atoms with Crippen molar-refractivity contribution in [3.8, 4) is 0 Å². The number of aromatic nitrogens is 2. The summed E-state index contributed by atoms with van der Waals surface area (Å²) in [6, 6.07) is 5.85. The summed E-state index contributed by atoms with van der Waals surface area (Å²) in [6.45, 7) is 3.56. The van der Waals surface area contributed by atoms with Gasteiger partial charge < -0.3 is 5.11 Å². The van der Waals surface area contributed by atoms with Gasteiger partial charge in [-0.15, -0.1) is 0 Å². The summed E-state index contributed by atoms with van der Waals surface area (Å²) in [4.78, 5) is 0. The zero-order chi connectivity index (χ0) is 11.2. The standard InChI is InChI=1S/C11H13BrN2O/c1-11(2,15)7-5-4-6-8-9(7)10(12)13-14(8)3/h4-6,15H,1-3H3. The summed E-state index contributed by atoms with van der Waals surface area (Å²) >= 11 is 3.42. The molecule has 0 saturated carbocycles. The molecule has 0 spiro atoms. The van der Waals surface area contributed by atoms with Gasteiger partial charge in [-0.1, -0.05) is 12.1 Å². The number of hydrogen-bond acceptors (Lipinski definition) is 2. The smallest absolute Gasteiger partial charge is 0.136 e. The van der Waals surface area contributed by atoms with Crippen LogP contribution in [0.15, 0.2) is 22.8 Å². The van der Waals surface area contributed by atoms with Crippen LogP contribution in [0.3, 0.4) is 0 Å². The van der Waals surface area contributed by atoms with Crippen molar-refractivity contribution in [1.29, 1.82) is 0 Å². The third-order valence-corrected chi connectivity index (χ3v) is 3.05. The Labute approximate surface area is 96.8 Å². The molecule has 0 amide bonds. The molecule has 1 heterocycles. The van der Waals surface area contributed by atoms with Crippen molar-refractivity contribution in [2.45, 2.75) is 19.4 Å². The predicted molar refractivity (Wildman–Crippen MR) is 63.7 cm³/mol. The summed E-state index contributed by atoms with van der Waals surface area (Å²) < 4.78 is 2.58. The number of halogens is 1. The predicted octanol–water partition coefficient (Wildman–Crippen LogP) is 2.56. The number of benzene rings is 1. The second kappa shape index (κ2) is 3.32. The molecule has 0 atom stereocenters. The van der Waals surface area contributed by atoms with Crippen molar-refractivity contribution in [1.82, 2.24) is 9.78 Å². The molecule has 0 aliphatic heterocycles. The molecule has 0 aliphatic carbocycles. The zero-order valence-corrected chi connectivity index (χ0v) is 10.5. The molecule has 0 bridgehead atoms. The van der Waals surface area contributed by atoms with E-state index in [-0.39, 0.29) is 0 Å². The highest BCUT2D eigenvalue weighted by molar-refractivity contribution is 9.10. The van der Waals surface area contributed by atoms with Crippen LogP contribution in [-0.4, -0.2) is 14.9 Å². The Bertz CT molecular complexity index is 511. The Balaban J connectivity index is 2.87. The van der Waals surface area contributed by atoms with Gasteiger partial charge in [0.1, 0.15) is 4.60 Å². The third kappa shape index (κ3) is 1.68. The van der Waals surface area contributed by atoms with E-state index in [2.05, 4.69) is 21.0 Å². The highest BCUT2D eigenvalue weighted by Gasteiger charge is 2.21. The van der Waals surface area contributed by atoms with Gasteiger partial charge in [-0.3, -0.25) is 4.68 Å². The molecule has 1 N–H and O–H groups in total. The lowest BCUT2D eigenvalue weighted by Crippen LogP contribution is -2.15. The van der Waals surface area contributed by atoms with Crippen molar-refractivity contribution in [3.05, 3.63) is 28.4 Å².